The monoisotopic (exact) mass is 443 g/mol. The molecule has 30 heavy (non-hydrogen) atoms. The third kappa shape index (κ3) is 5.14. The van der Waals surface area contributed by atoms with Gasteiger partial charge in [0.25, 0.3) is 0 Å². The molecule has 0 aliphatic heterocycles. The molecule has 1 amide bonds. The smallest absolute Gasteiger partial charge is 0.341 e. The van der Waals surface area contributed by atoms with Crippen molar-refractivity contribution in [1.29, 1.82) is 0 Å². The number of aryl methyl sites for hydroxylation is 1. The Morgan fingerprint density at radius 3 is 2.43 bits per heavy atom. The normalized spacial score (nSPS) is 10.9. The van der Waals surface area contributed by atoms with Crippen LogP contribution in [-0.4, -0.2) is 18.5 Å². The van der Waals surface area contributed by atoms with Gasteiger partial charge in [-0.2, -0.15) is 0 Å². The molecular weight excluding hydrogens is 425 g/mol. The Bertz CT molecular complexity index is 1090. The van der Waals surface area contributed by atoms with Crippen LogP contribution in [0.1, 0.15) is 27.7 Å². The lowest BCUT2D eigenvalue weighted by Gasteiger charge is -2.08. The van der Waals surface area contributed by atoms with Gasteiger partial charge in [0.05, 0.1) is 6.61 Å². The van der Waals surface area contributed by atoms with Crippen LogP contribution in [0, 0.1) is 12.7 Å². The molecular formula is C23H19ClFNO3S. The van der Waals surface area contributed by atoms with Gasteiger partial charge >= 0.3 is 5.97 Å². The quantitative estimate of drug-likeness (QED) is 0.357. The molecule has 1 heterocycles. The summed E-state index contributed by atoms with van der Waals surface area (Å²) in [5.41, 5.74) is 2.50. The van der Waals surface area contributed by atoms with Crippen LogP contribution in [0.15, 0.2) is 54.6 Å². The Balaban J connectivity index is 1.92. The topological polar surface area (TPSA) is 55.4 Å². The number of anilines is 1. The number of esters is 1. The number of thiophene rings is 1. The molecule has 3 rings (SSSR count). The van der Waals surface area contributed by atoms with E-state index < -0.39 is 11.9 Å². The zero-order valence-corrected chi connectivity index (χ0v) is 17.9. The predicted molar refractivity (Wildman–Crippen MR) is 120 cm³/mol. The lowest BCUT2D eigenvalue weighted by molar-refractivity contribution is -0.111. The van der Waals surface area contributed by atoms with E-state index in [1.165, 1.54) is 29.5 Å². The van der Waals surface area contributed by atoms with Crippen molar-refractivity contribution >= 4 is 45.9 Å². The minimum Gasteiger partial charge on any atom is -0.462 e. The molecule has 3 aromatic rings. The molecule has 0 saturated heterocycles. The van der Waals surface area contributed by atoms with Crippen molar-refractivity contribution in [2.75, 3.05) is 11.9 Å². The van der Waals surface area contributed by atoms with Crippen molar-refractivity contribution in [3.63, 3.8) is 0 Å². The van der Waals surface area contributed by atoms with Crippen molar-refractivity contribution in [2.24, 2.45) is 0 Å². The number of halogens is 2. The summed E-state index contributed by atoms with van der Waals surface area (Å²) < 4.78 is 18.2. The highest BCUT2D eigenvalue weighted by Gasteiger charge is 2.25. The molecule has 154 valence electrons. The van der Waals surface area contributed by atoms with E-state index in [1.807, 2.05) is 19.1 Å². The molecule has 1 N–H and O–H groups in total. The minimum atomic E-state index is -0.510. The number of rotatable bonds is 6. The highest BCUT2D eigenvalue weighted by Crippen LogP contribution is 2.40. The molecule has 4 nitrogen and oxygen atoms in total. The lowest BCUT2D eigenvalue weighted by Crippen LogP contribution is -2.12. The molecule has 0 atom stereocenters. The maximum absolute atomic E-state index is 13.0. The third-order valence-corrected chi connectivity index (χ3v) is 5.50. The van der Waals surface area contributed by atoms with Crippen LogP contribution < -0.4 is 5.32 Å². The Labute approximate surface area is 183 Å². The van der Waals surface area contributed by atoms with Crippen molar-refractivity contribution in [1.82, 2.24) is 0 Å². The van der Waals surface area contributed by atoms with E-state index in [2.05, 4.69) is 5.32 Å². The molecule has 7 heteroatoms. The highest BCUT2D eigenvalue weighted by atomic mass is 35.5. The van der Waals surface area contributed by atoms with Gasteiger partial charge in [0.1, 0.15) is 16.4 Å². The molecule has 1 aromatic heterocycles. The van der Waals surface area contributed by atoms with Crippen LogP contribution in [0.2, 0.25) is 5.02 Å². The molecule has 0 fully saturated rings. The zero-order valence-electron chi connectivity index (χ0n) is 16.4. The van der Waals surface area contributed by atoms with Crippen LogP contribution in [0.3, 0.4) is 0 Å². The van der Waals surface area contributed by atoms with Gasteiger partial charge in [-0.3, -0.25) is 4.79 Å². The largest absolute Gasteiger partial charge is 0.462 e. The van der Waals surface area contributed by atoms with Crippen LogP contribution in [0.25, 0.3) is 17.2 Å². The second-order valence-corrected chi connectivity index (χ2v) is 8.00. The molecule has 0 aliphatic rings. The van der Waals surface area contributed by atoms with Crippen molar-refractivity contribution < 1.29 is 18.7 Å². The average molecular weight is 444 g/mol. The number of ether oxygens (including phenoxy) is 1. The first-order valence-corrected chi connectivity index (χ1v) is 10.4. The number of carbonyl (C=O) groups excluding carboxylic acids is 2. The summed E-state index contributed by atoms with van der Waals surface area (Å²) in [7, 11) is 0. The number of nitrogens with one attached hydrogen (secondary N) is 1. The molecule has 0 bridgehead atoms. The lowest BCUT2D eigenvalue weighted by atomic mass is 10.0. The molecule has 0 radical (unpaired) electrons. The van der Waals surface area contributed by atoms with Gasteiger partial charge in [0.15, 0.2) is 0 Å². The Morgan fingerprint density at radius 1 is 1.13 bits per heavy atom. The Kier molecular flexibility index (Phi) is 7.03. The Morgan fingerprint density at radius 2 is 1.80 bits per heavy atom. The first-order valence-electron chi connectivity index (χ1n) is 9.20. The summed E-state index contributed by atoms with van der Waals surface area (Å²) in [5, 5.41) is 3.76. The highest BCUT2D eigenvalue weighted by molar-refractivity contribution is 7.17. The van der Waals surface area contributed by atoms with E-state index in [-0.39, 0.29) is 12.4 Å². The second-order valence-electron chi connectivity index (χ2n) is 6.34. The van der Waals surface area contributed by atoms with Crippen LogP contribution in [-0.2, 0) is 9.53 Å². The van der Waals surface area contributed by atoms with Gasteiger partial charge in [-0.25, -0.2) is 9.18 Å². The summed E-state index contributed by atoms with van der Waals surface area (Å²) in [6.45, 7) is 3.82. The number of hydrogen-bond donors (Lipinski definition) is 1. The summed E-state index contributed by atoms with van der Waals surface area (Å²) >= 11 is 7.28. The first kappa shape index (κ1) is 21.7. The van der Waals surface area contributed by atoms with Gasteiger partial charge in [0.2, 0.25) is 5.91 Å². The van der Waals surface area contributed by atoms with E-state index in [9.17, 15) is 14.0 Å². The summed E-state index contributed by atoms with van der Waals surface area (Å²) in [4.78, 5) is 26.0. The average Bonchev–Trinajstić information content (AvgIpc) is 3.04. The van der Waals surface area contributed by atoms with Gasteiger partial charge in [0, 0.05) is 21.5 Å². The molecule has 0 saturated carbocycles. The molecule has 0 unspecified atom stereocenters. The van der Waals surface area contributed by atoms with Gasteiger partial charge in [-0.1, -0.05) is 35.9 Å². The van der Waals surface area contributed by atoms with Crippen molar-refractivity contribution in [3.8, 4) is 11.1 Å². The van der Waals surface area contributed by atoms with Crippen LogP contribution in [0.5, 0.6) is 0 Å². The summed E-state index contributed by atoms with van der Waals surface area (Å²) in [6, 6.07) is 12.9. The maximum Gasteiger partial charge on any atom is 0.341 e. The Hall–Kier alpha value is -2.96. The molecule has 0 spiro atoms. The van der Waals surface area contributed by atoms with Crippen LogP contribution in [0.4, 0.5) is 9.39 Å². The number of benzene rings is 2. The van der Waals surface area contributed by atoms with Crippen LogP contribution >= 0.6 is 22.9 Å². The number of carbonyl (C=O) groups is 2. The van der Waals surface area contributed by atoms with E-state index in [0.717, 1.165) is 10.4 Å². The van der Waals surface area contributed by atoms with Gasteiger partial charge < -0.3 is 10.1 Å². The fraction of sp³-hybridized carbons (Fsp3) is 0.130. The number of hydrogen-bond acceptors (Lipinski definition) is 4. The predicted octanol–water partition coefficient (Wildman–Crippen LogP) is 6.34. The van der Waals surface area contributed by atoms with Gasteiger partial charge in [-0.15, -0.1) is 11.3 Å². The van der Waals surface area contributed by atoms with E-state index in [4.69, 9.17) is 16.3 Å². The van der Waals surface area contributed by atoms with E-state index in [1.54, 1.807) is 37.3 Å². The number of amides is 1. The van der Waals surface area contributed by atoms with Gasteiger partial charge in [-0.05, 0) is 55.3 Å². The minimum absolute atomic E-state index is 0.214. The van der Waals surface area contributed by atoms with E-state index in [0.29, 0.717) is 26.7 Å². The molecule has 2 aromatic carbocycles. The van der Waals surface area contributed by atoms with Crippen molar-refractivity contribution in [2.45, 2.75) is 13.8 Å². The SMILES string of the molecule is CCOC(=O)c1c(NC(=O)C=Cc2ccc(F)cc2)sc(C)c1-c1ccc(Cl)cc1. The summed E-state index contributed by atoms with van der Waals surface area (Å²) in [6.07, 6.45) is 2.90. The third-order valence-electron chi connectivity index (χ3n) is 4.23. The maximum atomic E-state index is 13.0. The fourth-order valence-electron chi connectivity index (χ4n) is 2.89. The second kappa shape index (κ2) is 9.69. The zero-order chi connectivity index (χ0) is 21.7. The standard InChI is InChI=1S/C23H19ClFNO3S/c1-3-29-23(28)21-20(16-7-9-17(24)10-8-16)14(2)30-22(21)26-19(27)13-6-15-4-11-18(25)12-5-15/h4-13H,3H2,1-2H3,(H,26,27). The first-order chi connectivity index (χ1) is 14.4. The summed E-state index contributed by atoms with van der Waals surface area (Å²) in [5.74, 6) is -1.27. The van der Waals surface area contributed by atoms with E-state index >= 15 is 0 Å². The molecule has 0 aliphatic carbocycles. The fourth-order valence-corrected chi connectivity index (χ4v) is 4.09. The van der Waals surface area contributed by atoms with Crippen molar-refractivity contribution in [3.05, 3.63) is 81.5 Å².